The third kappa shape index (κ3) is 2.95. The van der Waals surface area contributed by atoms with Gasteiger partial charge in [-0.05, 0) is 38.8 Å². The molecule has 0 spiro atoms. The van der Waals surface area contributed by atoms with Crippen LogP contribution in [0.4, 0.5) is 0 Å². The Bertz CT molecular complexity index is 639. The van der Waals surface area contributed by atoms with E-state index in [1.165, 1.54) is 0 Å². The molecular formula is C18H27N3O3. The van der Waals surface area contributed by atoms with E-state index in [2.05, 4.69) is 13.8 Å². The number of nitrogens with zero attached hydrogens (tertiary/aromatic N) is 3. The SMILES string of the molecule is CC(=O)N1CCC2(O)CCN(C(=O)c3cccn3C(C)C)CC2C1. The van der Waals surface area contributed by atoms with Crippen LogP contribution < -0.4 is 0 Å². The third-order valence-corrected chi connectivity index (χ3v) is 5.56. The Hall–Kier alpha value is -1.82. The maximum atomic E-state index is 12.9. The standard InChI is InChI=1S/C18H27N3O3/c1-13(2)21-8-4-5-16(21)17(23)20-10-7-18(24)6-9-19(14(3)22)11-15(18)12-20/h4-5,8,13,15,24H,6-7,9-12H2,1-3H3. The lowest BCUT2D eigenvalue weighted by Gasteiger charge is -2.50. The summed E-state index contributed by atoms with van der Waals surface area (Å²) in [5, 5.41) is 10.9. The highest BCUT2D eigenvalue weighted by Crippen LogP contribution is 2.36. The molecule has 6 nitrogen and oxygen atoms in total. The van der Waals surface area contributed by atoms with E-state index in [1.54, 1.807) is 11.8 Å². The lowest BCUT2D eigenvalue weighted by molar-refractivity contribution is -0.143. The van der Waals surface area contributed by atoms with Crippen LogP contribution in [-0.2, 0) is 4.79 Å². The van der Waals surface area contributed by atoms with Crippen LogP contribution in [0.15, 0.2) is 18.3 Å². The number of aromatic nitrogens is 1. The minimum absolute atomic E-state index is 0.00991. The van der Waals surface area contributed by atoms with Crippen molar-refractivity contribution in [1.29, 1.82) is 0 Å². The number of aliphatic hydroxyl groups is 1. The molecular weight excluding hydrogens is 306 g/mol. The zero-order valence-corrected chi connectivity index (χ0v) is 14.7. The Morgan fingerprint density at radius 1 is 1.21 bits per heavy atom. The van der Waals surface area contributed by atoms with Crippen molar-refractivity contribution in [3.63, 3.8) is 0 Å². The summed E-state index contributed by atoms with van der Waals surface area (Å²) in [5.41, 5.74) is -0.0577. The number of likely N-dealkylation sites (tertiary alicyclic amines) is 2. The highest BCUT2D eigenvalue weighted by molar-refractivity contribution is 5.93. The second-order valence-electron chi connectivity index (χ2n) is 7.41. The smallest absolute Gasteiger partial charge is 0.270 e. The molecule has 0 aromatic carbocycles. The number of carbonyl (C=O) groups is 2. The topological polar surface area (TPSA) is 65.8 Å². The molecule has 2 unspecified atom stereocenters. The van der Waals surface area contributed by atoms with Crippen molar-refractivity contribution in [3.8, 4) is 0 Å². The van der Waals surface area contributed by atoms with E-state index < -0.39 is 5.60 Å². The van der Waals surface area contributed by atoms with Gasteiger partial charge in [0.05, 0.1) is 5.60 Å². The number of amides is 2. The molecule has 3 heterocycles. The van der Waals surface area contributed by atoms with Gasteiger partial charge < -0.3 is 19.5 Å². The average molecular weight is 333 g/mol. The van der Waals surface area contributed by atoms with E-state index in [9.17, 15) is 14.7 Å². The Morgan fingerprint density at radius 2 is 1.83 bits per heavy atom. The molecule has 1 aromatic rings. The molecule has 2 atom stereocenters. The summed E-state index contributed by atoms with van der Waals surface area (Å²) in [4.78, 5) is 28.2. The Balaban J connectivity index is 1.76. The molecule has 2 amide bonds. The lowest BCUT2D eigenvalue weighted by atomic mass is 9.75. The van der Waals surface area contributed by atoms with Gasteiger partial charge in [-0.25, -0.2) is 0 Å². The summed E-state index contributed by atoms with van der Waals surface area (Å²) in [7, 11) is 0. The third-order valence-electron chi connectivity index (χ3n) is 5.56. The van der Waals surface area contributed by atoms with Crippen molar-refractivity contribution < 1.29 is 14.7 Å². The number of hydrogen-bond acceptors (Lipinski definition) is 3. The van der Waals surface area contributed by atoms with Gasteiger partial charge in [-0.2, -0.15) is 0 Å². The van der Waals surface area contributed by atoms with Crippen LogP contribution in [0.2, 0.25) is 0 Å². The number of hydrogen-bond donors (Lipinski definition) is 1. The molecule has 2 saturated heterocycles. The summed E-state index contributed by atoms with van der Waals surface area (Å²) in [5.74, 6) is -0.0276. The van der Waals surface area contributed by atoms with Gasteiger partial charge in [0.25, 0.3) is 5.91 Å². The van der Waals surface area contributed by atoms with Crippen molar-refractivity contribution in [1.82, 2.24) is 14.4 Å². The molecule has 1 aromatic heterocycles. The highest BCUT2D eigenvalue weighted by Gasteiger charge is 2.46. The summed E-state index contributed by atoms with van der Waals surface area (Å²) >= 11 is 0. The first-order chi connectivity index (χ1) is 11.3. The molecule has 0 bridgehead atoms. The second-order valence-corrected chi connectivity index (χ2v) is 7.41. The van der Waals surface area contributed by atoms with Gasteiger partial charge in [-0.1, -0.05) is 0 Å². The van der Waals surface area contributed by atoms with E-state index in [1.807, 2.05) is 27.8 Å². The normalized spacial score (nSPS) is 27.3. The fraction of sp³-hybridized carbons (Fsp3) is 0.667. The summed E-state index contributed by atoms with van der Waals surface area (Å²) in [6.07, 6.45) is 3.11. The van der Waals surface area contributed by atoms with Gasteiger partial charge in [0, 0.05) is 51.3 Å². The van der Waals surface area contributed by atoms with Gasteiger partial charge in [0.2, 0.25) is 5.91 Å². The van der Waals surface area contributed by atoms with Crippen molar-refractivity contribution in [2.45, 2.75) is 45.3 Å². The van der Waals surface area contributed by atoms with Crippen LogP contribution in [0.5, 0.6) is 0 Å². The molecule has 0 radical (unpaired) electrons. The van der Waals surface area contributed by atoms with E-state index in [4.69, 9.17) is 0 Å². The fourth-order valence-electron chi connectivity index (χ4n) is 3.96. The molecule has 6 heteroatoms. The maximum absolute atomic E-state index is 12.9. The van der Waals surface area contributed by atoms with Crippen molar-refractivity contribution >= 4 is 11.8 Å². The van der Waals surface area contributed by atoms with E-state index in [0.717, 1.165) is 0 Å². The summed E-state index contributed by atoms with van der Waals surface area (Å²) in [6, 6.07) is 3.97. The van der Waals surface area contributed by atoms with E-state index in [-0.39, 0.29) is 23.8 Å². The lowest BCUT2D eigenvalue weighted by Crippen LogP contribution is -2.61. The highest BCUT2D eigenvalue weighted by atomic mass is 16.3. The zero-order chi connectivity index (χ0) is 17.5. The molecule has 3 rings (SSSR count). The Kier molecular flexibility index (Phi) is 4.42. The van der Waals surface area contributed by atoms with Gasteiger partial charge in [-0.3, -0.25) is 9.59 Å². The van der Waals surface area contributed by atoms with Crippen LogP contribution >= 0.6 is 0 Å². The van der Waals surface area contributed by atoms with Crippen LogP contribution in [0.25, 0.3) is 0 Å². The minimum atomic E-state index is -0.747. The molecule has 1 N–H and O–H groups in total. The van der Waals surface area contributed by atoms with Crippen molar-refractivity contribution in [2.75, 3.05) is 26.2 Å². The van der Waals surface area contributed by atoms with Gasteiger partial charge >= 0.3 is 0 Å². The van der Waals surface area contributed by atoms with E-state index >= 15 is 0 Å². The van der Waals surface area contributed by atoms with Crippen LogP contribution in [0, 0.1) is 5.92 Å². The molecule has 2 aliphatic rings. The van der Waals surface area contributed by atoms with Crippen molar-refractivity contribution in [3.05, 3.63) is 24.0 Å². The molecule has 0 aliphatic carbocycles. The molecule has 2 aliphatic heterocycles. The first-order valence-corrected chi connectivity index (χ1v) is 8.76. The predicted octanol–water partition coefficient (Wildman–Crippen LogP) is 1.51. The summed E-state index contributed by atoms with van der Waals surface area (Å²) < 4.78 is 1.98. The Labute approximate surface area is 143 Å². The number of carbonyl (C=O) groups excluding carboxylic acids is 2. The zero-order valence-electron chi connectivity index (χ0n) is 14.7. The summed E-state index contributed by atoms with van der Waals surface area (Å²) in [6.45, 7) is 7.87. The minimum Gasteiger partial charge on any atom is -0.389 e. The van der Waals surface area contributed by atoms with Gasteiger partial charge in [-0.15, -0.1) is 0 Å². The molecule has 24 heavy (non-hydrogen) atoms. The fourth-order valence-corrected chi connectivity index (χ4v) is 3.96. The van der Waals surface area contributed by atoms with Gasteiger partial charge in [0.15, 0.2) is 0 Å². The van der Waals surface area contributed by atoms with Crippen LogP contribution in [-0.4, -0.2) is 63.1 Å². The van der Waals surface area contributed by atoms with Crippen LogP contribution in [0.1, 0.15) is 50.1 Å². The first-order valence-electron chi connectivity index (χ1n) is 8.76. The average Bonchev–Trinajstić information content (AvgIpc) is 3.02. The monoisotopic (exact) mass is 333 g/mol. The number of fused-ring (bicyclic) bond motifs is 1. The maximum Gasteiger partial charge on any atom is 0.270 e. The predicted molar refractivity (Wildman–Crippen MR) is 90.6 cm³/mol. The molecule has 0 saturated carbocycles. The van der Waals surface area contributed by atoms with Gasteiger partial charge in [0.1, 0.15) is 5.69 Å². The largest absolute Gasteiger partial charge is 0.389 e. The van der Waals surface area contributed by atoms with E-state index in [0.29, 0.717) is 44.7 Å². The first kappa shape index (κ1) is 17.0. The Morgan fingerprint density at radius 3 is 2.46 bits per heavy atom. The molecule has 2 fully saturated rings. The quantitative estimate of drug-likeness (QED) is 0.892. The van der Waals surface area contributed by atoms with Crippen molar-refractivity contribution in [2.24, 2.45) is 5.92 Å². The number of piperidine rings is 2. The van der Waals surface area contributed by atoms with Crippen LogP contribution in [0.3, 0.4) is 0 Å². The molecule has 132 valence electrons. The second kappa shape index (κ2) is 6.24. The number of rotatable bonds is 2.